The third-order valence-electron chi connectivity index (χ3n) is 3.24. The third-order valence-corrected chi connectivity index (χ3v) is 4.04. The van der Waals surface area contributed by atoms with Crippen molar-refractivity contribution in [3.63, 3.8) is 0 Å². The van der Waals surface area contributed by atoms with Crippen molar-refractivity contribution in [3.05, 3.63) is 42.5 Å². The molecule has 0 aliphatic carbocycles. The molecule has 0 atom stereocenters. The van der Waals surface area contributed by atoms with Gasteiger partial charge in [0.05, 0.1) is 18.5 Å². The molecule has 1 N–H and O–H groups in total. The van der Waals surface area contributed by atoms with Crippen LogP contribution in [-0.4, -0.2) is 41.7 Å². The van der Waals surface area contributed by atoms with Crippen LogP contribution in [0.4, 0.5) is 5.69 Å². The highest BCUT2D eigenvalue weighted by molar-refractivity contribution is 7.85. The zero-order valence-corrected chi connectivity index (χ0v) is 13.9. The highest BCUT2D eigenvalue weighted by Gasteiger charge is 2.15. The summed E-state index contributed by atoms with van der Waals surface area (Å²) in [5, 5.41) is 10.3. The number of hydrazone groups is 1. The SMILES string of the molecule is CN(N=Cc1n(C)cn[n+]1CCCS(=O)(=O)O)c1ccccc1. The number of hydrogen-bond acceptors (Lipinski definition) is 5. The Morgan fingerprint density at radius 2 is 2.09 bits per heavy atom. The van der Waals surface area contributed by atoms with E-state index >= 15 is 0 Å². The van der Waals surface area contributed by atoms with Crippen molar-refractivity contribution < 1.29 is 17.7 Å². The van der Waals surface area contributed by atoms with Gasteiger partial charge in [-0.3, -0.25) is 9.56 Å². The van der Waals surface area contributed by atoms with Crippen LogP contribution in [-0.2, 0) is 23.7 Å². The smallest absolute Gasteiger partial charge is 0.286 e. The molecule has 0 saturated carbocycles. The van der Waals surface area contributed by atoms with E-state index < -0.39 is 10.1 Å². The average Bonchev–Trinajstić information content (AvgIpc) is 2.85. The van der Waals surface area contributed by atoms with Crippen LogP contribution in [0.25, 0.3) is 0 Å². The number of aryl methyl sites for hydroxylation is 2. The summed E-state index contributed by atoms with van der Waals surface area (Å²) < 4.78 is 33.8. The molecule has 0 amide bonds. The Morgan fingerprint density at radius 1 is 1.39 bits per heavy atom. The molecule has 0 saturated heterocycles. The average molecular weight is 338 g/mol. The normalized spacial score (nSPS) is 12.0. The van der Waals surface area contributed by atoms with E-state index in [9.17, 15) is 8.42 Å². The van der Waals surface area contributed by atoms with Crippen molar-refractivity contribution in [3.8, 4) is 0 Å². The molecule has 1 aromatic carbocycles. The molecule has 124 valence electrons. The summed E-state index contributed by atoms with van der Waals surface area (Å²) in [5.41, 5.74) is 0.948. The number of para-hydroxylation sites is 1. The first kappa shape index (κ1) is 17.1. The van der Waals surface area contributed by atoms with E-state index in [1.165, 1.54) is 0 Å². The molecule has 1 heterocycles. The molecule has 0 spiro atoms. The molecular weight excluding hydrogens is 318 g/mol. The molecule has 23 heavy (non-hydrogen) atoms. The molecule has 1 aromatic heterocycles. The van der Waals surface area contributed by atoms with Crippen LogP contribution < -0.4 is 9.69 Å². The number of benzene rings is 1. The van der Waals surface area contributed by atoms with Crippen LogP contribution in [0.2, 0.25) is 0 Å². The van der Waals surface area contributed by atoms with Gasteiger partial charge in [0.25, 0.3) is 10.1 Å². The first-order chi connectivity index (χ1) is 10.9. The Kier molecular flexibility index (Phi) is 5.45. The topological polar surface area (TPSA) is 91.7 Å². The zero-order valence-electron chi connectivity index (χ0n) is 13.1. The molecule has 2 rings (SSSR count). The Hall–Kier alpha value is -2.26. The second-order valence-electron chi connectivity index (χ2n) is 5.07. The molecule has 8 nitrogen and oxygen atoms in total. The van der Waals surface area contributed by atoms with Crippen LogP contribution >= 0.6 is 0 Å². The first-order valence-electron chi connectivity index (χ1n) is 7.06. The molecule has 0 aliphatic heterocycles. The fraction of sp³-hybridized carbons (Fsp3) is 0.357. The van der Waals surface area contributed by atoms with Gasteiger partial charge in [0.2, 0.25) is 6.33 Å². The summed E-state index contributed by atoms with van der Waals surface area (Å²) in [6, 6.07) is 9.69. The molecule has 0 unspecified atom stereocenters. The van der Waals surface area contributed by atoms with Crippen molar-refractivity contribution in [1.82, 2.24) is 9.67 Å². The number of anilines is 1. The fourth-order valence-electron chi connectivity index (χ4n) is 2.02. The van der Waals surface area contributed by atoms with E-state index in [1.807, 2.05) is 44.4 Å². The fourth-order valence-corrected chi connectivity index (χ4v) is 2.51. The van der Waals surface area contributed by atoms with E-state index in [-0.39, 0.29) is 12.2 Å². The maximum absolute atomic E-state index is 10.8. The van der Waals surface area contributed by atoms with Crippen LogP contribution in [0.3, 0.4) is 0 Å². The predicted molar refractivity (Wildman–Crippen MR) is 86.9 cm³/mol. The molecule has 2 aromatic rings. The first-order valence-corrected chi connectivity index (χ1v) is 8.67. The maximum atomic E-state index is 10.8. The Bertz CT molecular complexity index is 771. The standard InChI is InChI=1S/C14H19N5O3S/c1-17-12-16-19(9-6-10-23(20,21)22)14(17)11-15-18(2)13-7-4-3-5-8-13/h3-5,7-8,11-12H,6,9-10H2,1-2H3/p+1. The highest BCUT2D eigenvalue weighted by Crippen LogP contribution is 2.10. The second kappa shape index (κ2) is 7.34. The summed E-state index contributed by atoms with van der Waals surface area (Å²) in [6.07, 6.45) is 3.56. The summed E-state index contributed by atoms with van der Waals surface area (Å²) in [6.45, 7) is 0.372. The van der Waals surface area contributed by atoms with Crippen LogP contribution in [0, 0.1) is 0 Å². The van der Waals surface area contributed by atoms with Gasteiger partial charge in [-0.1, -0.05) is 18.2 Å². The lowest BCUT2D eigenvalue weighted by Gasteiger charge is -2.11. The lowest BCUT2D eigenvalue weighted by Crippen LogP contribution is -2.41. The zero-order chi connectivity index (χ0) is 16.9. The Balaban J connectivity index is 2.07. The minimum absolute atomic E-state index is 0.274. The van der Waals surface area contributed by atoms with E-state index in [4.69, 9.17) is 4.55 Å². The van der Waals surface area contributed by atoms with Gasteiger partial charge in [-0.05, 0) is 17.2 Å². The maximum Gasteiger partial charge on any atom is 0.323 e. The lowest BCUT2D eigenvalue weighted by atomic mass is 10.3. The summed E-state index contributed by atoms with van der Waals surface area (Å²) in [5.74, 6) is 0.431. The largest absolute Gasteiger partial charge is 0.323 e. The van der Waals surface area contributed by atoms with Crippen molar-refractivity contribution in [2.24, 2.45) is 12.1 Å². The Morgan fingerprint density at radius 3 is 2.74 bits per heavy atom. The Labute approximate surface area is 135 Å². The van der Waals surface area contributed by atoms with E-state index in [0.29, 0.717) is 6.54 Å². The van der Waals surface area contributed by atoms with Gasteiger partial charge in [0.1, 0.15) is 12.8 Å². The van der Waals surface area contributed by atoms with Crippen LogP contribution in [0.15, 0.2) is 41.8 Å². The molecule has 9 heteroatoms. The van der Waals surface area contributed by atoms with Gasteiger partial charge in [0.15, 0.2) is 0 Å². The van der Waals surface area contributed by atoms with Gasteiger partial charge < -0.3 is 0 Å². The summed E-state index contributed by atoms with van der Waals surface area (Å²) >= 11 is 0. The van der Waals surface area contributed by atoms with Crippen LogP contribution in [0.5, 0.6) is 0 Å². The molecular formula is C14H20N5O3S+. The van der Waals surface area contributed by atoms with Gasteiger partial charge in [0, 0.05) is 13.5 Å². The molecule has 0 fully saturated rings. The quantitative estimate of drug-likeness (QED) is 0.343. The van der Waals surface area contributed by atoms with Crippen molar-refractivity contribution in [1.29, 1.82) is 0 Å². The van der Waals surface area contributed by atoms with Gasteiger partial charge >= 0.3 is 5.82 Å². The second-order valence-corrected chi connectivity index (χ2v) is 6.64. The van der Waals surface area contributed by atoms with E-state index in [0.717, 1.165) is 11.5 Å². The number of nitrogens with zero attached hydrogens (tertiary/aromatic N) is 5. The van der Waals surface area contributed by atoms with Gasteiger partial charge in [-0.2, -0.15) is 13.5 Å². The highest BCUT2D eigenvalue weighted by atomic mass is 32.2. The van der Waals surface area contributed by atoms with Crippen molar-refractivity contribution in [2.45, 2.75) is 13.0 Å². The van der Waals surface area contributed by atoms with Crippen LogP contribution in [0.1, 0.15) is 12.2 Å². The number of hydrogen-bond donors (Lipinski definition) is 1. The third kappa shape index (κ3) is 5.15. The molecule has 0 radical (unpaired) electrons. The predicted octanol–water partition coefficient (Wildman–Crippen LogP) is 0.456. The minimum atomic E-state index is -3.95. The van der Waals surface area contributed by atoms with Gasteiger partial charge in [-0.25, -0.2) is 4.57 Å². The summed E-state index contributed by atoms with van der Waals surface area (Å²) in [7, 11) is -0.284. The summed E-state index contributed by atoms with van der Waals surface area (Å²) in [4.78, 5) is 0. The number of rotatable bonds is 7. The van der Waals surface area contributed by atoms with E-state index in [1.54, 1.807) is 26.8 Å². The lowest BCUT2D eigenvalue weighted by molar-refractivity contribution is -0.752. The van der Waals surface area contributed by atoms with Crippen molar-refractivity contribution in [2.75, 3.05) is 17.8 Å². The van der Waals surface area contributed by atoms with E-state index in [2.05, 4.69) is 10.2 Å². The van der Waals surface area contributed by atoms with Crippen molar-refractivity contribution >= 4 is 22.0 Å². The molecule has 0 aliphatic rings. The molecule has 0 bridgehead atoms. The minimum Gasteiger partial charge on any atom is -0.286 e. The van der Waals surface area contributed by atoms with Gasteiger partial charge in [-0.15, -0.1) is 4.68 Å². The monoisotopic (exact) mass is 338 g/mol. The number of aromatic nitrogens is 3.